The van der Waals surface area contributed by atoms with E-state index in [4.69, 9.17) is 21.1 Å². The smallest absolute Gasteiger partial charge is 0.343 e. The number of methoxy groups -OCH3 is 1. The van der Waals surface area contributed by atoms with Gasteiger partial charge in [0, 0.05) is 16.3 Å². The monoisotopic (exact) mass is 479 g/mol. The molecular formula is C25H22ClN3O5. The summed E-state index contributed by atoms with van der Waals surface area (Å²) in [6.07, 6.45) is 0. The number of rotatable bonds is 6. The van der Waals surface area contributed by atoms with E-state index in [9.17, 15) is 14.4 Å². The predicted molar refractivity (Wildman–Crippen MR) is 130 cm³/mol. The highest BCUT2D eigenvalue weighted by Gasteiger charge is 2.16. The second-order valence-corrected chi connectivity index (χ2v) is 7.61. The minimum atomic E-state index is -0.940. The van der Waals surface area contributed by atoms with Crippen LogP contribution in [0.2, 0.25) is 5.02 Å². The number of nitrogens with zero attached hydrogens (tertiary/aromatic N) is 1. The van der Waals surface area contributed by atoms with Crippen molar-refractivity contribution < 1.29 is 23.9 Å². The van der Waals surface area contributed by atoms with Crippen molar-refractivity contribution in [2.24, 2.45) is 5.10 Å². The van der Waals surface area contributed by atoms with Gasteiger partial charge < -0.3 is 14.8 Å². The third-order valence-corrected chi connectivity index (χ3v) is 5.03. The quantitative estimate of drug-likeness (QED) is 0.180. The fraction of sp³-hybridized carbons (Fsp3) is 0.120. The van der Waals surface area contributed by atoms with Gasteiger partial charge in [0.15, 0.2) is 11.5 Å². The van der Waals surface area contributed by atoms with Crippen LogP contribution in [0.5, 0.6) is 11.5 Å². The van der Waals surface area contributed by atoms with Crippen LogP contribution in [0.15, 0.2) is 71.8 Å². The number of carbonyl (C=O) groups is 3. The highest BCUT2D eigenvalue weighted by molar-refractivity contribution is 6.39. The minimum absolute atomic E-state index is 0.235. The molecule has 174 valence electrons. The lowest BCUT2D eigenvalue weighted by Crippen LogP contribution is -2.32. The van der Waals surface area contributed by atoms with Crippen molar-refractivity contribution in [1.82, 2.24) is 5.43 Å². The van der Waals surface area contributed by atoms with E-state index in [0.717, 1.165) is 5.56 Å². The fourth-order valence-electron chi connectivity index (χ4n) is 2.90. The first-order valence-electron chi connectivity index (χ1n) is 10.2. The van der Waals surface area contributed by atoms with Gasteiger partial charge in [-0.3, -0.25) is 9.59 Å². The molecular weight excluding hydrogens is 458 g/mol. The zero-order valence-electron chi connectivity index (χ0n) is 18.7. The van der Waals surface area contributed by atoms with Crippen LogP contribution in [0, 0.1) is 6.92 Å². The number of hydrazone groups is 1. The predicted octanol–water partition coefficient (Wildman–Crippen LogP) is 4.36. The summed E-state index contributed by atoms with van der Waals surface area (Å²) in [7, 11) is 1.44. The molecule has 0 atom stereocenters. The summed E-state index contributed by atoms with van der Waals surface area (Å²) >= 11 is 5.80. The Hall–Kier alpha value is -4.17. The second-order valence-electron chi connectivity index (χ2n) is 7.17. The lowest BCUT2D eigenvalue weighted by Gasteiger charge is -2.12. The van der Waals surface area contributed by atoms with Gasteiger partial charge in [-0.2, -0.15) is 5.10 Å². The van der Waals surface area contributed by atoms with Gasteiger partial charge in [-0.05, 0) is 67.9 Å². The van der Waals surface area contributed by atoms with Gasteiger partial charge in [-0.15, -0.1) is 0 Å². The summed E-state index contributed by atoms with van der Waals surface area (Å²) in [5, 5.41) is 6.92. The maximum atomic E-state index is 12.5. The Balaban J connectivity index is 1.67. The molecule has 0 aliphatic heterocycles. The average molecular weight is 480 g/mol. The molecule has 3 aromatic rings. The fourth-order valence-corrected chi connectivity index (χ4v) is 3.03. The van der Waals surface area contributed by atoms with E-state index in [-0.39, 0.29) is 5.75 Å². The molecule has 9 heteroatoms. The summed E-state index contributed by atoms with van der Waals surface area (Å²) in [6.45, 7) is 3.46. The molecule has 3 aromatic carbocycles. The van der Waals surface area contributed by atoms with E-state index in [1.54, 1.807) is 61.5 Å². The van der Waals surface area contributed by atoms with E-state index in [2.05, 4.69) is 15.8 Å². The number of amides is 2. The SMILES string of the molecule is COc1cc(/C(C)=N/NC(=O)C(=O)Nc2ccc(Cl)cc2)ccc1OC(=O)c1ccccc1C. The van der Waals surface area contributed by atoms with Gasteiger partial charge in [-0.1, -0.05) is 29.8 Å². The Kier molecular flexibility index (Phi) is 8.00. The average Bonchev–Trinajstić information content (AvgIpc) is 2.84. The highest BCUT2D eigenvalue weighted by Crippen LogP contribution is 2.29. The van der Waals surface area contributed by atoms with E-state index in [0.29, 0.717) is 33.3 Å². The summed E-state index contributed by atoms with van der Waals surface area (Å²) in [5.74, 6) is -1.78. The first kappa shape index (κ1) is 24.5. The summed E-state index contributed by atoms with van der Waals surface area (Å²) in [6, 6.07) is 18.3. The Morgan fingerprint density at radius 3 is 2.29 bits per heavy atom. The molecule has 0 saturated carbocycles. The van der Waals surface area contributed by atoms with Crippen molar-refractivity contribution in [3.8, 4) is 11.5 Å². The molecule has 0 heterocycles. The summed E-state index contributed by atoms with van der Waals surface area (Å²) in [5.41, 5.74) is 4.87. The molecule has 0 aliphatic carbocycles. The van der Waals surface area contributed by atoms with Gasteiger partial charge >= 0.3 is 17.8 Å². The van der Waals surface area contributed by atoms with Crippen LogP contribution >= 0.6 is 11.6 Å². The Morgan fingerprint density at radius 2 is 1.62 bits per heavy atom. The molecule has 3 rings (SSSR count). The van der Waals surface area contributed by atoms with Crippen molar-refractivity contribution in [3.05, 3.63) is 88.4 Å². The Morgan fingerprint density at radius 1 is 0.912 bits per heavy atom. The molecule has 2 N–H and O–H groups in total. The van der Waals surface area contributed by atoms with Crippen LogP contribution < -0.4 is 20.2 Å². The first-order chi connectivity index (χ1) is 16.3. The van der Waals surface area contributed by atoms with E-state index in [1.165, 1.54) is 7.11 Å². The number of hydrogen-bond donors (Lipinski definition) is 2. The van der Waals surface area contributed by atoms with E-state index in [1.807, 2.05) is 19.1 Å². The highest BCUT2D eigenvalue weighted by atomic mass is 35.5. The Labute approximate surface area is 201 Å². The number of aryl methyl sites for hydroxylation is 1. The standard InChI is InChI=1S/C25H22ClN3O5/c1-15-6-4-5-7-20(15)25(32)34-21-13-8-17(14-22(21)33-3)16(2)28-29-24(31)23(30)27-19-11-9-18(26)10-12-19/h4-14H,1-3H3,(H,27,30)(H,29,31)/b28-16+. The number of benzene rings is 3. The van der Waals surface area contributed by atoms with Crippen molar-refractivity contribution >= 4 is 40.8 Å². The number of ether oxygens (including phenoxy) is 2. The van der Waals surface area contributed by atoms with Gasteiger partial charge in [0.1, 0.15) is 0 Å². The second kappa shape index (κ2) is 11.1. The molecule has 0 aromatic heterocycles. The lowest BCUT2D eigenvalue weighted by atomic mass is 10.1. The lowest BCUT2D eigenvalue weighted by molar-refractivity contribution is -0.136. The van der Waals surface area contributed by atoms with Gasteiger partial charge in [0.2, 0.25) is 0 Å². The van der Waals surface area contributed by atoms with E-state index >= 15 is 0 Å². The largest absolute Gasteiger partial charge is 0.493 e. The number of carbonyl (C=O) groups excluding carboxylic acids is 3. The third kappa shape index (κ3) is 6.20. The van der Waals surface area contributed by atoms with E-state index < -0.39 is 17.8 Å². The summed E-state index contributed by atoms with van der Waals surface area (Å²) < 4.78 is 10.8. The van der Waals surface area contributed by atoms with Crippen LogP contribution in [0.25, 0.3) is 0 Å². The molecule has 2 amide bonds. The first-order valence-corrected chi connectivity index (χ1v) is 10.5. The number of esters is 1. The topological polar surface area (TPSA) is 106 Å². The molecule has 0 saturated heterocycles. The third-order valence-electron chi connectivity index (χ3n) is 4.78. The normalized spacial score (nSPS) is 10.9. The van der Waals surface area contributed by atoms with Crippen LogP contribution in [0.4, 0.5) is 5.69 Å². The number of anilines is 1. The van der Waals surface area contributed by atoms with Gasteiger partial charge in [0.05, 0.1) is 18.4 Å². The van der Waals surface area contributed by atoms with Gasteiger partial charge in [0.25, 0.3) is 0 Å². The molecule has 0 radical (unpaired) electrons. The van der Waals surface area contributed by atoms with Crippen LogP contribution in [0.1, 0.15) is 28.4 Å². The summed E-state index contributed by atoms with van der Waals surface area (Å²) in [4.78, 5) is 36.6. The van der Waals surface area contributed by atoms with Crippen molar-refractivity contribution in [1.29, 1.82) is 0 Å². The molecule has 0 aliphatic rings. The molecule has 34 heavy (non-hydrogen) atoms. The van der Waals surface area contributed by atoms with Crippen LogP contribution in [0.3, 0.4) is 0 Å². The molecule has 0 unspecified atom stereocenters. The molecule has 8 nitrogen and oxygen atoms in total. The van der Waals surface area contributed by atoms with Crippen molar-refractivity contribution in [3.63, 3.8) is 0 Å². The zero-order chi connectivity index (χ0) is 24.7. The number of nitrogens with one attached hydrogen (secondary N) is 2. The maximum absolute atomic E-state index is 12.5. The number of hydrogen-bond acceptors (Lipinski definition) is 6. The van der Waals surface area contributed by atoms with Crippen LogP contribution in [-0.4, -0.2) is 30.6 Å². The zero-order valence-corrected chi connectivity index (χ0v) is 19.5. The van der Waals surface area contributed by atoms with Crippen LogP contribution in [-0.2, 0) is 9.59 Å². The van der Waals surface area contributed by atoms with Gasteiger partial charge in [-0.25, -0.2) is 10.2 Å². The molecule has 0 bridgehead atoms. The molecule has 0 fully saturated rings. The maximum Gasteiger partial charge on any atom is 0.343 e. The van der Waals surface area contributed by atoms with Crippen molar-refractivity contribution in [2.75, 3.05) is 12.4 Å². The Bertz CT molecular complexity index is 1260. The number of halogens is 1. The molecule has 0 spiro atoms. The van der Waals surface area contributed by atoms with Crippen molar-refractivity contribution in [2.45, 2.75) is 13.8 Å². The minimum Gasteiger partial charge on any atom is -0.493 e.